The van der Waals surface area contributed by atoms with Gasteiger partial charge in [-0.3, -0.25) is 4.79 Å². The quantitative estimate of drug-likeness (QED) is 0.543. The molecular weight excluding hydrogens is 280 g/mol. The first-order valence-corrected chi connectivity index (χ1v) is 7.96. The van der Waals surface area contributed by atoms with E-state index in [4.69, 9.17) is 18.9 Å². The van der Waals surface area contributed by atoms with E-state index >= 15 is 0 Å². The molecular formula is C14H16O5S. The molecule has 4 aliphatic heterocycles. The van der Waals surface area contributed by atoms with Crippen molar-refractivity contribution < 1.29 is 23.7 Å². The summed E-state index contributed by atoms with van der Waals surface area (Å²) in [7, 11) is 0. The van der Waals surface area contributed by atoms with Crippen molar-refractivity contribution in [2.75, 3.05) is 0 Å². The summed E-state index contributed by atoms with van der Waals surface area (Å²) < 4.78 is 23.7. The zero-order chi connectivity index (χ0) is 13.9. The SMILES string of the molecule is CC(=O)OC=C1[C@@H]2[C@@H]3[C@H]4[C@H]1[C@H]1O[C@]4(C)O[C@]3(C)O[C@@H]2S1. The molecule has 5 rings (SSSR count). The maximum atomic E-state index is 11.1. The molecule has 4 saturated heterocycles. The summed E-state index contributed by atoms with van der Waals surface area (Å²) in [6.07, 6.45) is 1.65. The summed E-state index contributed by atoms with van der Waals surface area (Å²) in [6, 6.07) is 0. The number of carbonyl (C=O) groups is 1. The molecule has 0 radical (unpaired) electrons. The van der Waals surface area contributed by atoms with Crippen molar-refractivity contribution in [2.24, 2.45) is 23.7 Å². The van der Waals surface area contributed by atoms with E-state index in [0.29, 0.717) is 11.8 Å². The highest BCUT2D eigenvalue weighted by molar-refractivity contribution is 8.00. The fourth-order valence-electron chi connectivity index (χ4n) is 5.06. The van der Waals surface area contributed by atoms with E-state index < -0.39 is 11.6 Å². The molecule has 6 heteroatoms. The third kappa shape index (κ3) is 1.14. The van der Waals surface area contributed by atoms with Gasteiger partial charge < -0.3 is 18.9 Å². The van der Waals surface area contributed by atoms with Crippen LogP contribution in [0.5, 0.6) is 0 Å². The van der Waals surface area contributed by atoms with Crippen molar-refractivity contribution in [1.29, 1.82) is 0 Å². The van der Waals surface area contributed by atoms with E-state index in [1.807, 2.05) is 13.8 Å². The van der Waals surface area contributed by atoms with E-state index in [1.165, 1.54) is 12.5 Å². The Bertz CT molecular complexity index is 526. The zero-order valence-corrected chi connectivity index (χ0v) is 12.3. The average Bonchev–Trinajstić information content (AvgIpc) is 2.91. The maximum absolute atomic E-state index is 11.1. The third-order valence-electron chi connectivity index (χ3n) is 5.46. The van der Waals surface area contributed by atoms with Crippen molar-refractivity contribution in [3.05, 3.63) is 11.8 Å². The van der Waals surface area contributed by atoms with Crippen LogP contribution in [-0.4, -0.2) is 28.4 Å². The van der Waals surface area contributed by atoms with Crippen LogP contribution in [0, 0.1) is 23.7 Å². The van der Waals surface area contributed by atoms with E-state index in [1.54, 1.807) is 18.0 Å². The molecule has 2 bridgehead atoms. The van der Waals surface area contributed by atoms with Gasteiger partial charge in [0, 0.05) is 30.6 Å². The second-order valence-corrected chi connectivity index (χ2v) is 7.77. The molecule has 0 unspecified atom stereocenters. The lowest BCUT2D eigenvalue weighted by molar-refractivity contribution is -0.304. The van der Waals surface area contributed by atoms with Crippen molar-refractivity contribution in [1.82, 2.24) is 0 Å². The predicted octanol–water partition coefficient (Wildman–Crippen LogP) is 1.83. The van der Waals surface area contributed by atoms with Gasteiger partial charge in [0.15, 0.2) is 11.6 Å². The predicted molar refractivity (Wildman–Crippen MR) is 69.0 cm³/mol. The fraction of sp³-hybridized carbons (Fsp3) is 0.786. The van der Waals surface area contributed by atoms with Gasteiger partial charge >= 0.3 is 5.97 Å². The normalized spacial score (nSPS) is 62.6. The summed E-state index contributed by atoms with van der Waals surface area (Å²) >= 11 is 1.76. The highest BCUT2D eigenvalue weighted by Crippen LogP contribution is 2.76. The van der Waals surface area contributed by atoms with Gasteiger partial charge in [0.1, 0.15) is 10.9 Å². The van der Waals surface area contributed by atoms with E-state index in [2.05, 4.69) is 0 Å². The zero-order valence-electron chi connectivity index (χ0n) is 11.5. The third-order valence-corrected chi connectivity index (χ3v) is 6.78. The van der Waals surface area contributed by atoms with Crippen LogP contribution in [0.1, 0.15) is 20.8 Å². The number of esters is 1. The molecule has 0 N–H and O–H groups in total. The first-order chi connectivity index (χ1) is 9.43. The number of rotatable bonds is 1. The lowest BCUT2D eigenvalue weighted by Gasteiger charge is -2.36. The molecule has 0 spiro atoms. The second kappa shape index (κ2) is 3.27. The van der Waals surface area contributed by atoms with Crippen LogP contribution in [0.3, 0.4) is 0 Å². The van der Waals surface area contributed by atoms with Gasteiger partial charge in [-0.25, -0.2) is 0 Å². The molecule has 0 aromatic carbocycles. The molecule has 8 atom stereocenters. The van der Waals surface area contributed by atoms with Gasteiger partial charge in [-0.15, -0.1) is 0 Å². The fourth-order valence-corrected chi connectivity index (χ4v) is 6.81. The minimum atomic E-state index is -0.572. The van der Waals surface area contributed by atoms with E-state index in [0.717, 1.165) is 0 Å². The van der Waals surface area contributed by atoms with E-state index in [9.17, 15) is 4.79 Å². The second-order valence-electron chi connectivity index (χ2n) is 6.57. The van der Waals surface area contributed by atoms with Crippen LogP contribution in [0.4, 0.5) is 0 Å². The van der Waals surface area contributed by atoms with E-state index in [-0.39, 0.29) is 28.7 Å². The Morgan fingerprint density at radius 3 is 2.25 bits per heavy atom. The van der Waals surface area contributed by atoms with Crippen LogP contribution in [0.2, 0.25) is 0 Å². The van der Waals surface area contributed by atoms with Crippen LogP contribution < -0.4 is 0 Å². The van der Waals surface area contributed by atoms with Gasteiger partial charge in [-0.1, -0.05) is 11.8 Å². The molecule has 5 aliphatic rings. The summed E-state index contributed by atoms with van der Waals surface area (Å²) in [5.74, 6) is -0.277. The van der Waals surface area contributed by atoms with Gasteiger partial charge in [-0.05, 0) is 19.4 Å². The van der Waals surface area contributed by atoms with Crippen LogP contribution in [0.15, 0.2) is 11.8 Å². The molecule has 1 aliphatic carbocycles. The molecule has 5 nitrogen and oxygen atoms in total. The van der Waals surface area contributed by atoms with Gasteiger partial charge in [-0.2, -0.15) is 0 Å². The molecule has 20 heavy (non-hydrogen) atoms. The maximum Gasteiger partial charge on any atom is 0.307 e. The molecule has 0 aromatic heterocycles. The van der Waals surface area contributed by atoms with Crippen molar-refractivity contribution in [3.63, 3.8) is 0 Å². The monoisotopic (exact) mass is 296 g/mol. The molecule has 1 saturated carbocycles. The first-order valence-electron chi connectivity index (χ1n) is 7.01. The topological polar surface area (TPSA) is 54.0 Å². The first kappa shape index (κ1) is 12.0. The van der Waals surface area contributed by atoms with Gasteiger partial charge in [0.05, 0.1) is 6.26 Å². The summed E-state index contributed by atoms with van der Waals surface area (Å²) in [5, 5.41) is 0. The summed E-state index contributed by atoms with van der Waals surface area (Å²) in [6.45, 7) is 5.46. The van der Waals surface area contributed by atoms with Crippen molar-refractivity contribution in [3.8, 4) is 0 Å². The lowest BCUT2D eigenvalue weighted by atomic mass is 9.83. The van der Waals surface area contributed by atoms with Gasteiger partial charge in [0.25, 0.3) is 0 Å². The van der Waals surface area contributed by atoms with Crippen molar-refractivity contribution in [2.45, 2.75) is 43.2 Å². The minimum absolute atomic E-state index is 0.0444. The molecule has 0 amide bonds. The number of carbonyl (C=O) groups excluding carboxylic acids is 1. The number of hydrogen-bond acceptors (Lipinski definition) is 6. The summed E-state index contributed by atoms with van der Waals surface area (Å²) in [5.41, 5.74) is 1.27. The average molecular weight is 296 g/mol. The smallest absolute Gasteiger partial charge is 0.307 e. The lowest BCUT2D eigenvalue weighted by Crippen LogP contribution is -2.39. The molecule has 5 fully saturated rings. The summed E-state index contributed by atoms with van der Waals surface area (Å²) in [4.78, 5) is 11.1. The van der Waals surface area contributed by atoms with Crippen LogP contribution in [-0.2, 0) is 23.7 Å². The van der Waals surface area contributed by atoms with Crippen LogP contribution in [0.25, 0.3) is 0 Å². The number of ether oxygens (including phenoxy) is 4. The van der Waals surface area contributed by atoms with Gasteiger partial charge in [0.2, 0.25) is 0 Å². The highest BCUT2D eigenvalue weighted by Gasteiger charge is 2.81. The Morgan fingerprint density at radius 2 is 1.75 bits per heavy atom. The Hall–Kier alpha value is -0.560. The Labute approximate surface area is 121 Å². The largest absolute Gasteiger partial charge is 0.435 e. The standard InChI is InChI=1S/C14H16O5S/c1-5(15)16-4-6-7-9-10-8(6)12-18-14(10,3)19-13(9,2)17-11(7)20-12/h4,7-12H,1-3H3/t7-,8+,9-,10-,11-,12+,13+,14-/m1/s1. The minimum Gasteiger partial charge on any atom is -0.435 e. The highest BCUT2D eigenvalue weighted by atomic mass is 32.2. The number of thioether (sulfide) groups is 1. The van der Waals surface area contributed by atoms with Crippen LogP contribution >= 0.6 is 11.8 Å². The molecule has 0 aromatic rings. The number of hydrogen-bond donors (Lipinski definition) is 0. The van der Waals surface area contributed by atoms with Crippen molar-refractivity contribution >= 4 is 17.7 Å². The Kier molecular flexibility index (Phi) is 1.96. The molecule has 4 heterocycles. The Balaban J connectivity index is 1.66. The Morgan fingerprint density at radius 1 is 1.20 bits per heavy atom. The molecule has 108 valence electrons.